The van der Waals surface area contributed by atoms with Gasteiger partial charge in [-0.05, 0) is 48.6 Å². The van der Waals surface area contributed by atoms with Gasteiger partial charge >= 0.3 is 0 Å². The highest BCUT2D eigenvalue weighted by Crippen LogP contribution is 2.34. The lowest BCUT2D eigenvalue weighted by Gasteiger charge is -2.32. The normalized spacial score (nSPS) is 14.4. The number of hydrogen-bond donors (Lipinski definition) is 2. The summed E-state index contributed by atoms with van der Waals surface area (Å²) in [5.41, 5.74) is 1.11. The van der Waals surface area contributed by atoms with Crippen molar-refractivity contribution in [2.45, 2.75) is 0 Å². The number of thiophene rings is 1. The molecule has 0 atom stereocenters. The number of benzene rings is 1. The maximum absolute atomic E-state index is 13.2. The Morgan fingerprint density at radius 1 is 1.06 bits per heavy atom. The van der Waals surface area contributed by atoms with Crippen LogP contribution < -0.4 is 5.32 Å². The Morgan fingerprint density at radius 3 is 2.42 bits per heavy atom. The van der Waals surface area contributed by atoms with Gasteiger partial charge in [0.1, 0.15) is 10.6 Å². The van der Waals surface area contributed by atoms with E-state index < -0.39 is 5.91 Å². The smallest absolute Gasteiger partial charge is 0.267 e. The lowest BCUT2D eigenvalue weighted by atomic mass is 10.1. The fraction of sp³-hybridized carbons (Fsp3) is 0.250. The van der Waals surface area contributed by atoms with Gasteiger partial charge < -0.3 is 14.9 Å². The van der Waals surface area contributed by atoms with Crippen LogP contribution in [0.4, 0.5) is 10.1 Å². The van der Waals surface area contributed by atoms with E-state index in [1.54, 1.807) is 17.0 Å². The Hall–Kier alpha value is -3.15. The second-order valence-electron chi connectivity index (χ2n) is 7.02. The van der Waals surface area contributed by atoms with Crippen molar-refractivity contribution in [1.29, 1.82) is 0 Å². The molecule has 1 fully saturated rings. The van der Waals surface area contributed by atoms with Crippen molar-refractivity contribution in [2.24, 2.45) is 5.18 Å². The molecule has 3 aromatic rings. The first-order chi connectivity index (χ1) is 14.9. The summed E-state index contributed by atoms with van der Waals surface area (Å²) in [5.74, 6) is -0.459. The zero-order valence-electron chi connectivity index (χ0n) is 16.6. The van der Waals surface area contributed by atoms with Gasteiger partial charge in [-0.15, -0.1) is 16.2 Å². The number of phenols is 1. The van der Waals surface area contributed by atoms with E-state index in [-0.39, 0.29) is 21.8 Å². The molecule has 2 N–H and O–H groups in total. The first kappa shape index (κ1) is 21.1. The van der Waals surface area contributed by atoms with E-state index in [4.69, 9.17) is 0 Å². The van der Waals surface area contributed by atoms with E-state index in [0.717, 1.165) is 35.8 Å². The lowest BCUT2D eigenvalue weighted by Crippen LogP contribution is -2.47. The fourth-order valence-electron chi connectivity index (χ4n) is 3.14. The van der Waals surface area contributed by atoms with Crippen molar-refractivity contribution in [2.75, 3.05) is 38.5 Å². The summed E-state index contributed by atoms with van der Waals surface area (Å²) in [5, 5.41) is 15.6. The number of carbonyl (C=O) groups excluding carboxylic acids is 2. The van der Waals surface area contributed by atoms with Gasteiger partial charge in [0.15, 0.2) is 10.1 Å². The number of carbonyl (C=O) groups is 2. The Labute approximate surface area is 185 Å². The molecule has 3 heterocycles. The molecule has 31 heavy (non-hydrogen) atoms. The predicted octanol–water partition coefficient (Wildman–Crippen LogP) is 3.62. The molecule has 160 valence electrons. The number of aromatic nitrogens is 1. The predicted molar refractivity (Wildman–Crippen MR) is 120 cm³/mol. The summed E-state index contributed by atoms with van der Waals surface area (Å²) < 4.78 is 0. The van der Waals surface area contributed by atoms with Crippen molar-refractivity contribution >= 4 is 44.6 Å². The summed E-state index contributed by atoms with van der Waals surface area (Å²) in [7, 11) is 2.01. The van der Waals surface area contributed by atoms with Crippen LogP contribution in [0.3, 0.4) is 0 Å². The van der Waals surface area contributed by atoms with Gasteiger partial charge in [0.05, 0.1) is 10.6 Å². The molecule has 0 spiro atoms. The summed E-state index contributed by atoms with van der Waals surface area (Å²) >= 11 is 2.08. The number of rotatable bonds is 5. The van der Waals surface area contributed by atoms with Crippen LogP contribution in [0, 0.1) is 4.91 Å². The highest BCUT2D eigenvalue weighted by molar-refractivity contribution is 7.19. The van der Waals surface area contributed by atoms with Crippen molar-refractivity contribution in [3.8, 4) is 17.0 Å². The summed E-state index contributed by atoms with van der Waals surface area (Å²) in [6.45, 7) is 2.80. The van der Waals surface area contributed by atoms with Crippen LogP contribution in [0.5, 0.6) is 5.75 Å². The topological polar surface area (TPSA) is 115 Å². The van der Waals surface area contributed by atoms with Gasteiger partial charge in [0, 0.05) is 31.7 Å². The Balaban J connectivity index is 1.64. The highest BCUT2D eigenvalue weighted by Gasteiger charge is 2.27. The molecule has 2 amide bonds. The summed E-state index contributed by atoms with van der Waals surface area (Å²) in [6, 6.07) is 9.39. The second kappa shape index (κ2) is 8.92. The van der Waals surface area contributed by atoms with Crippen molar-refractivity contribution < 1.29 is 14.7 Å². The van der Waals surface area contributed by atoms with E-state index in [1.165, 1.54) is 24.3 Å². The largest absolute Gasteiger partial charge is 0.508 e. The Bertz CT molecular complexity index is 1120. The van der Waals surface area contributed by atoms with Crippen molar-refractivity contribution in [3.63, 3.8) is 0 Å². The second-order valence-corrected chi connectivity index (χ2v) is 9.08. The number of phenolic OH excluding ortho intramolecular Hbond substituents is 1. The SMILES string of the molecule is CN1CCN(C(=O)c2sc(NC(=O)c3ccc(N=O)s3)nc2-c2ccc(O)cc2)CC1. The molecule has 1 saturated heterocycles. The average Bonchev–Trinajstić information content (AvgIpc) is 3.42. The number of nitrogens with one attached hydrogen (secondary N) is 1. The zero-order valence-corrected chi connectivity index (χ0v) is 18.2. The van der Waals surface area contributed by atoms with Crippen LogP contribution >= 0.6 is 22.7 Å². The number of nitrogens with zero attached hydrogens (tertiary/aromatic N) is 4. The van der Waals surface area contributed by atoms with E-state index in [1.807, 2.05) is 7.05 Å². The first-order valence-corrected chi connectivity index (χ1v) is 11.1. The standard InChI is InChI=1S/C20H19N5O4S2/c1-24-8-10-25(11-9-24)19(28)17-16(12-2-4-13(26)5-3-12)21-20(31-17)22-18(27)14-6-7-15(23-29)30-14/h2-7,26H,8-11H2,1H3,(H,21,22,27). The number of anilines is 1. The number of amides is 2. The third kappa shape index (κ3) is 4.63. The molecular formula is C20H19N5O4S2. The molecule has 1 aromatic carbocycles. The number of hydrogen-bond acceptors (Lipinski definition) is 9. The lowest BCUT2D eigenvalue weighted by molar-refractivity contribution is 0.0669. The third-order valence-corrected chi connectivity index (χ3v) is 6.80. The van der Waals surface area contributed by atoms with Crippen LogP contribution in [0.15, 0.2) is 41.6 Å². The van der Waals surface area contributed by atoms with Crippen molar-refractivity contribution in [1.82, 2.24) is 14.8 Å². The zero-order chi connectivity index (χ0) is 22.0. The monoisotopic (exact) mass is 457 g/mol. The molecule has 2 aromatic heterocycles. The quantitative estimate of drug-likeness (QED) is 0.566. The minimum Gasteiger partial charge on any atom is -0.508 e. The van der Waals surface area contributed by atoms with E-state index >= 15 is 0 Å². The number of piperazine rings is 1. The summed E-state index contributed by atoms with van der Waals surface area (Å²) in [4.78, 5) is 45.6. The van der Waals surface area contributed by atoms with Crippen LogP contribution in [-0.4, -0.2) is 64.9 Å². The van der Waals surface area contributed by atoms with E-state index in [0.29, 0.717) is 34.1 Å². The first-order valence-electron chi connectivity index (χ1n) is 9.47. The number of likely N-dealkylation sites (N-methyl/N-ethyl adjacent to an activating group) is 1. The Kier molecular flexibility index (Phi) is 6.07. The van der Waals surface area contributed by atoms with E-state index in [9.17, 15) is 19.6 Å². The molecule has 0 saturated carbocycles. The Morgan fingerprint density at radius 2 is 1.77 bits per heavy atom. The van der Waals surface area contributed by atoms with Gasteiger partial charge in [0.25, 0.3) is 11.8 Å². The van der Waals surface area contributed by atoms with Crippen molar-refractivity contribution in [3.05, 3.63) is 51.1 Å². The maximum atomic E-state index is 13.2. The molecule has 0 aliphatic carbocycles. The molecule has 0 radical (unpaired) electrons. The molecule has 1 aliphatic rings. The summed E-state index contributed by atoms with van der Waals surface area (Å²) in [6.07, 6.45) is 0. The van der Waals surface area contributed by atoms with Gasteiger partial charge in [-0.25, -0.2) is 4.98 Å². The maximum Gasteiger partial charge on any atom is 0.267 e. The van der Waals surface area contributed by atoms with Gasteiger partial charge in [-0.1, -0.05) is 11.3 Å². The van der Waals surface area contributed by atoms with Gasteiger partial charge in [-0.3, -0.25) is 14.9 Å². The molecule has 0 unspecified atom stereocenters. The van der Waals surface area contributed by atoms with Crippen LogP contribution in [0.1, 0.15) is 19.3 Å². The molecule has 11 heteroatoms. The van der Waals surface area contributed by atoms with Gasteiger partial charge in [0.2, 0.25) is 0 Å². The minimum absolute atomic E-state index is 0.108. The minimum atomic E-state index is -0.426. The van der Waals surface area contributed by atoms with Crippen LogP contribution in [-0.2, 0) is 0 Å². The number of nitroso groups, excluding NO2 is 1. The van der Waals surface area contributed by atoms with E-state index in [2.05, 4.69) is 20.4 Å². The molecule has 0 bridgehead atoms. The highest BCUT2D eigenvalue weighted by atomic mass is 32.1. The number of aromatic hydroxyl groups is 1. The molecule has 1 aliphatic heterocycles. The fourth-order valence-corrected chi connectivity index (χ4v) is 4.77. The van der Waals surface area contributed by atoms with Crippen LogP contribution in [0.25, 0.3) is 11.3 Å². The molecule has 9 nitrogen and oxygen atoms in total. The molecular weight excluding hydrogens is 438 g/mol. The number of thiazole rings is 1. The third-order valence-electron chi connectivity index (χ3n) is 4.88. The van der Waals surface area contributed by atoms with Gasteiger partial charge in [-0.2, -0.15) is 0 Å². The molecule has 4 rings (SSSR count). The van der Waals surface area contributed by atoms with Crippen LogP contribution in [0.2, 0.25) is 0 Å². The average molecular weight is 458 g/mol.